The van der Waals surface area contributed by atoms with Gasteiger partial charge in [0.15, 0.2) is 0 Å². The van der Waals surface area contributed by atoms with E-state index in [0.29, 0.717) is 5.41 Å². The molecule has 2 aromatic carbocycles. The van der Waals surface area contributed by atoms with Crippen molar-refractivity contribution in [3.8, 4) is 17.2 Å². The second-order valence-corrected chi connectivity index (χ2v) is 6.22. The van der Waals surface area contributed by atoms with Crippen LogP contribution in [0.3, 0.4) is 0 Å². The molecule has 0 unspecified atom stereocenters. The van der Waals surface area contributed by atoms with Crippen molar-refractivity contribution in [1.82, 2.24) is 0 Å². The maximum atomic E-state index is 5.92. The maximum absolute atomic E-state index is 5.92. The minimum atomic E-state index is 0.346. The highest BCUT2D eigenvalue weighted by Gasteiger charge is 2.36. The van der Waals surface area contributed by atoms with Crippen molar-refractivity contribution in [1.29, 1.82) is 0 Å². The summed E-state index contributed by atoms with van der Waals surface area (Å²) in [6.45, 7) is 0.789. The van der Waals surface area contributed by atoms with Crippen molar-refractivity contribution in [2.24, 2.45) is 5.41 Å². The molecular weight excluding hydrogens is 328 g/mol. The van der Waals surface area contributed by atoms with Gasteiger partial charge in [0.25, 0.3) is 0 Å². The third kappa shape index (κ3) is 3.59. The van der Waals surface area contributed by atoms with Gasteiger partial charge >= 0.3 is 0 Å². The summed E-state index contributed by atoms with van der Waals surface area (Å²) < 4.78 is 11.7. The van der Waals surface area contributed by atoms with Gasteiger partial charge in [0.1, 0.15) is 17.2 Å². The molecule has 2 nitrogen and oxygen atoms in total. The summed E-state index contributed by atoms with van der Waals surface area (Å²) in [4.78, 5) is 0. The van der Waals surface area contributed by atoms with Crippen LogP contribution in [0.4, 0.5) is 0 Å². The normalized spacial score (nSPS) is 16.0. The number of rotatable bonds is 6. The van der Waals surface area contributed by atoms with Crippen LogP contribution >= 0.6 is 15.9 Å². The van der Waals surface area contributed by atoms with E-state index in [1.165, 1.54) is 19.3 Å². The highest BCUT2D eigenvalue weighted by Crippen LogP contribution is 2.42. The average molecular weight is 347 g/mol. The molecule has 0 aliphatic heterocycles. The Balaban J connectivity index is 1.57. The van der Waals surface area contributed by atoms with E-state index in [2.05, 4.69) is 15.9 Å². The summed E-state index contributed by atoms with van der Waals surface area (Å²) in [6, 6.07) is 17.6. The maximum Gasteiger partial charge on any atom is 0.127 e. The van der Waals surface area contributed by atoms with Gasteiger partial charge in [-0.15, -0.1) is 0 Å². The Bertz CT molecular complexity index is 556. The Morgan fingerprint density at radius 2 is 1.48 bits per heavy atom. The van der Waals surface area contributed by atoms with Crippen LogP contribution in [0.15, 0.2) is 54.6 Å². The first-order valence-corrected chi connectivity index (χ1v) is 8.44. The van der Waals surface area contributed by atoms with E-state index in [4.69, 9.17) is 9.47 Å². The summed E-state index contributed by atoms with van der Waals surface area (Å²) in [5, 5.41) is 1.02. The SMILES string of the molecule is BrCC1(COc2ccc(Oc3ccccc3)cc2)CCC1. The molecule has 0 radical (unpaired) electrons. The van der Waals surface area contributed by atoms with E-state index in [1.807, 2.05) is 54.6 Å². The van der Waals surface area contributed by atoms with Gasteiger partial charge in [-0.05, 0) is 49.2 Å². The van der Waals surface area contributed by atoms with Gasteiger partial charge in [-0.25, -0.2) is 0 Å². The summed E-state index contributed by atoms with van der Waals surface area (Å²) in [6.07, 6.45) is 3.83. The molecule has 2 aromatic rings. The molecule has 3 heteroatoms. The molecule has 0 spiro atoms. The number of halogens is 1. The van der Waals surface area contributed by atoms with Crippen molar-refractivity contribution in [3.63, 3.8) is 0 Å². The lowest BCUT2D eigenvalue weighted by atomic mass is 9.71. The van der Waals surface area contributed by atoms with Crippen molar-refractivity contribution >= 4 is 15.9 Å². The first-order valence-electron chi connectivity index (χ1n) is 7.31. The fraction of sp³-hybridized carbons (Fsp3) is 0.333. The largest absolute Gasteiger partial charge is 0.493 e. The fourth-order valence-electron chi connectivity index (χ4n) is 2.46. The zero-order chi connectivity index (χ0) is 14.5. The number of para-hydroxylation sites is 1. The third-order valence-corrected chi connectivity index (χ3v) is 5.23. The molecule has 21 heavy (non-hydrogen) atoms. The summed E-state index contributed by atoms with van der Waals surface area (Å²) >= 11 is 3.61. The predicted octanol–water partition coefficient (Wildman–Crippen LogP) is 5.42. The van der Waals surface area contributed by atoms with Crippen LogP contribution in [0.1, 0.15) is 19.3 Å². The molecule has 1 fully saturated rings. The monoisotopic (exact) mass is 346 g/mol. The summed E-state index contributed by atoms with van der Waals surface area (Å²) in [5.74, 6) is 2.58. The first-order chi connectivity index (χ1) is 10.3. The van der Waals surface area contributed by atoms with E-state index in [1.54, 1.807) is 0 Å². The van der Waals surface area contributed by atoms with E-state index < -0.39 is 0 Å². The topological polar surface area (TPSA) is 18.5 Å². The highest BCUT2D eigenvalue weighted by atomic mass is 79.9. The van der Waals surface area contributed by atoms with Crippen molar-refractivity contribution in [2.75, 3.05) is 11.9 Å². The van der Waals surface area contributed by atoms with E-state index >= 15 is 0 Å². The lowest BCUT2D eigenvalue weighted by molar-refractivity contribution is 0.0838. The standard InChI is InChI=1S/C18H19BrO2/c19-13-18(11-4-12-18)14-20-15-7-9-17(10-8-15)21-16-5-2-1-3-6-16/h1-3,5-10H,4,11-14H2. The Kier molecular flexibility index (Phi) is 4.49. The van der Waals surface area contributed by atoms with Crippen molar-refractivity contribution < 1.29 is 9.47 Å². The molecule has 1 aliphatic carbocycles. The lowest BCUT2D eigenvalue weighted by Crippen LogP contribution is -2.37. The lowest BCUT2D eigenvalue weighted by Gasteiger charge is -2.39. The highest BCUT2D eigenvalue weighted by molar-refractivity contribution is 9.09. The number of hydrogen-bond acceptors (Lipinski definition) is 2. The van der Waals surface area contributed by atoms with Crippen LogP contribution in [0.2, 0.25) is 0 Å². The number of hydrogen-bond donors (Lipinski definition) is 0. The van der Waals surface area contributed by atoms with Gasteiger partial charge in [0.05, 0.1) is 6.61 Å². The van der Waals surface area contributed by atoms with Gasteiger partial charge in [0.2, 0.25) is 0 Å². The molecule has 0 saturated heterocycles. The molecule has 0 bridgehead atoms. The third-order valence-electron chi connectivity index (χ3n) is 4.05. The minimum Gasteiger partial charge on any atom is -0.493 e. The van der Waals surface area contributed by atoms with Crippen molar-refractivity contribution in [2.45, 2.75) is 19.3 Å². The fourth-order valence-corrected chi connectivity index (χ4v) is 3.18. The molecule has 110 valence electrons. The van der Waals surface area contributed by atoms with E-state index in [9.17, 15) is 0 Å². The van der Waals surface area contributed by atoms with Crippen LogP contribution in [-0.4, -0.2) is 11.9 Å². The van der Waals surface area contributed by atoms with Crippen LogP contribution in [-0.2, 0) is 0 Å². The smallest absolute Gasteiger partial charge is 0.127 e. The Morgan fingerprint density at radius 1 is 0.857 bits per heavy atom. The zero-order valence-corrected chi connectivity index (χ0v) is 13.5. The molecule has 3 rings (SSSR count). The Morgan fingerprint density at radius 3 is 2.05 bits per heavy atom. The van der Waals surface area contributed by atoms with Crippen LogP contribution in [0.5, 0.6) is 17.2 Å². The number of alkyl halides is 1. The first kappa shape index (κ1) is 14.5. The van der Waals surface area contributed by atoms with Crippen LogP contribution < -0.4 is 9.47 Å². The Hall–Kier alpha value is -1.48. The van der Waals surface area contributed by atoms with E-state index in [0.717, 1.165) is 29.2 Å². The van der Waals surface area contributed by atoms with Gasteiger partial charge in [-0.2, -0.15) is 0 Å². The number of benzene rings is 2. The molecular formula is C18H19BrO2. The quantitative estimate of drug-likeness (QED) is 0.650. The molecule has 0 aromatic heterocycles. The zero-order valence-electron chi connectivity index (χ0n) is 11.9. The van der Waals surface area contributed by atoms with Gasteiger partial charge in [0, 0.05) is 10.7 Å². The molecule has 1 saturated carbocycles. The predicted molar refractivity (Wildman–Crippen MR) is 88.5 cm³/mol. The second-order valence-electron chi connectivity index (χ2n) is 5.66. The summed E-state index contributed by atoms with van der Waals surface area (Å²) in [7, 11) is 0. The van der Waals surface area contributed by atoms with E-state index in [-0.39, 0.29) is 0 Å². The van der Waals surface area contributed by atoms with Crippen molar-refractivity contribution in [3.05, 3.63) is 54.6 Å². The minimum absolute atomic E-state index is 0.346. The molecule has 0 atom stereocenters. The number of ether oxygens (including phenoxy) is 2. The second kappa shape index (κ2) is 6.52. The van der Waals surface area contributed by atoms with Gasteiger partial charge in [-0.3, -0.25) is 0 Å². The molecule has 0 heterocycles. The van der Waals surface area contributed by atoms with Gasteiger partial charge < -0.3 is 9.47 Å². The van der Waals surface area contributed by atoms with Crippen LogP contribution in [0.25, 0.3) is 0 Å². The Labute approximate surface area is 134 Å². The van der Waals surface area contributed by atoms with Gasteiger partial charge in [-0.1, -0.05) is 40.5 Å². The molecule has 0 N–H and O–H groups in total. The van der Waals surface area contributed by atoms with Crippen LogP contribution in [0, 0.1) is 5.41 Å². The average Bonchev–Trinajstić information content (AvgIpc) is 2.49. The molecule has 1 aliphatic rings. The molecule has 0 amide bonds. The summed E-state index contributed by atoms with van der Waals surface area (Å²) in [5.41, 5.74) is 0.346.